The fourth-order valence-electron chi connectivity index (χ4n) is 3.89. The molecule has 30 heavy (non-hydrogen) atoms. The Morgan fingerprint density at radius 2 is 1.90 bits per heavy atom. The molecule has 3 heterocycles. The molecule has 5 N–H and O–H groups in total. The summed E-state index contributed by atoms with van der Waals surface area (Å²) in [6.45, 7) is 6.40. The van der Waals surface area contributed by atoms with Crippen molar-refractivity contribution in [2.24, 2.45) is 0 Å². The molecule has 0 radical (unpaired) electrons. The highest BCUT2D eigenvalue weighted by molar-refractivity contribution is 5.33. The Balaban J connectivity index is 0.000000672. The van der Waals surface area contributed by atoms with Gasteiger partial charge in [-0.1, -0.05) is 13.3 Å². The van der Waals surface area contributed by atoms with E-state index in [1.54, 1.807) is 6.92 Å². The lowest BCUT2D eigenvalue weighted by Gasteiger charge is -2.49. The lowest BCUT2D eigenvalue weighted by atomic mass is 9.76. The number of piperidine rings is 1. The highest BCUT2D eigenvalue weighted by Crippen LogP contribution is 2.39. The van der Waals surface area contributed by atoms with Crippen molar-refractivity contribution in [3.63, 3.8) is 0 Å². The van der Waals surface area contributed by atoms with Crippen LogP contribution < -0.4 is 0 Å². The number of likely N-dealkylation sites (tertiary alicyclic amines) is 1. The average molecular weight is 430 g/mol. The first-order chi connectivity index (χ1) is 14.3. The summed E-state index contributed by atoms with van der Waals surface area (Å²) in [5.41, 5.74) is -0.152. The Hall–Kier alpha value is -2.01. The SMILES string of the molecule is CCCCc1ncc(CN2CCC3(CC2)C[C@](C)(O)[C@@H](O)CO3)[nH]1.O=CO.O=CO. The van der Waals surface area contributed by atoms with Crippen LogP contribution in [0.25, 0.3) is 0 Å². The summed E-state index contributed by atoms with van der Waals surface area (Å²) in [5.74, 6) is 1.08. The third-order valence-corrected chi connectivity index (χ3v) is 5.55. The minimum absolute atomic E-state index is 0.230. The van der Waals surface area contributed by atoms with E-state index in [1.807, 2.05) is 6.20 Å². The number of unbranched alkanes of at least 4 members (excludes halogenated alkanes) is 1. The van der Waals surface area contributed by atoms with Gasteiger partial charge in [0.2, 0.25) is 0 Å². The number of hydrogen-bond donors (Lipinski definition) is 5. The van der Waals surface area contributed by atoms with E-state index in [-0.39, 0.29) is 25.2 Å². The molecule has 2 atom stereocenters. The van der Waals surface area contributed by atoms with Gasteiger partial charge in [-0.3, -0.25) is 14.5 Å². The van der Waals surface area contributed by atoms with Crippen molar-refractivity contribution in [3.05, 3.63) is 17.7 Å². The molecule has 0 unspecified atom stereocenters. The van der Waals surface area contributed by atoms with Gasteiger partial charge in [-0.05, 0) is 26.2 Å². The molecule has 0 amide bonds. The summed E-state index contributed by atoms with van der Waals surface area (Å²) in [6.07, 6.45) is 6.84. The van der Waals surface area contributed by atoms with Crippen molar-refractivity contribution in [2.45, 2.75) is 76.2 Å². The average Bonchev–Trinajstić information content (AvgIpc) is 3.14. The molecular formula is C20H35N3O7. The normalized spacial score (nSPS) is 25.4. The second kappa shape index (κ2) is 12.6. The molecule has 10 nitrogen and oxygen atoms in total. The molecule has 1 aromatic heterocycles. The summed E-state index contributed by atoms with van der Waals surface area (Å²) in [7, 11) is 0. The molecule has 0 saturated carbocycles. The number of nitrogens with zero attached hydrogens (tertiary/aromatic N) is 2. The van der Waals surface area contributed by atoms with E-state index >= 15 is 0 Å². The van der Waals surface area contributed by atoms with Gasteiger partial charge in [0.25, 0.3) is 12.9 Å². The highest BCUT2D eigenvalue weighted by atomic mass is 16.5. The number of nitrogens with one attached hydrogen (secondary N) is 1. The zero-order valence-electron chi connectivity index (χ0n) is 17.8. The van der Waals surface area contributed by atoms with E-state index in [2.05, 4.69) is 21.8 Å². The number of carbonyl (C=O) groups is 2. The van der Waals surface area contributed by atoms with Crippen LogP contribution in [0.3, 0.4) is 0 Å². The van der Waals surface area contributed by atoms with Crippen molar-refractivity contribution in [1.29, 1.82) is 0 Å². The van der Waals surface area contributed by atoms with Crippen molar-refractivity contribution >= 4 is 12.9 Å². The van der Waals surface area contributed by atoms with Crippen LogP contribution in [0, 0.1) is 0 Å². The van der Waals surface area contributed by atoms with Crippen molar-refractivity contribution in [1.82, 2.24) is 14.9 Å². The molecule has 0 aromatic carbocycles. The first kappa shape index (κ1) is 26.0. The van der Waals surface area contributed by atoms with Crippen LogP contribution in [-0.4, -0.2) is 85.2 Å². The zero-order chi connectivity index (χ0) is 22.6. The molecular weight excluding hydrogens is 394 g/mol. The van der Waals surface area contributed by atoms with Crippen molar-refractivity contribution in [3.8, 4) is 0 Å². The van der Waals surface area contributed by atoms with Crippen LogP contribution in [0.4, 0.5) is 0 Å². The van der Waals surface area contributed by atoms with Gasteiger partial charge in [0.15, 0.2) is 0 Å². The second-order valence-corrected chi connectivity index (χ2v) is 7.99. The number of carboxylic acid groups (broad SMARTS) is 2. The standard InChI is InChI=1S/C18H31N3O3.2CH2O2/c1-3-4-5-16-19-10-14(20-16)11-21-8-6-18(7-9-21)13-17(2,23)15(22)12-24-18;2*2-1-3/h10,15,22-23H,3-9,11-13H2,1-2H3,(H,19,20);2*1H,(H,2,3)/t15-,17-;;/m0../s1. The number of imidazole rings is 1. The maximum absolute atomic E-state index is 10.4. The Bertz CT molecular complexity index is 622. The van der Waals surface area contributed by atoms with Crippen LogP contribution in [0.5, 0.6) is 0 Å². The minimum Gasteiger partial charge on any atom is -0.483 e. The van der Waals surface area contributed by atoms with Gasteiger partial charge in [0, 0.05) is 44.4 Å². The molecule has 2 fully saturated rings. The molecule has 3 rings (SSSR count). The third-order valence-electron chi connectivity index (χ3n) is 5.55. The van der Waals surface area contributed by atoms with E-state index in [4.69, 9.17) is 24.5 Å². The van der Waals surface area contributed by atoms with Crippen molar-refractivity contribution in [2.75, 3.05) is 19.7 Å². The minimum atomic E-state index is -1.04. The maximum atomic E-state index is 10.4. The zero-order valence-corrected chi connectivity index (χ0v) is 17.8. The third kappa shape index (κ3) is 8.02. The Labute approximate surface area is 176 Å². The fraction of sp³-hybridized carbons (Fsp3) is 0.750. The van der Waals surface area contributed by atoms with Crippen LogP contribution in [-0.2, 0) is 27.3 Å². The molecule has 1 aromatic rings. The van der Waals surface area contributed by atoms with Gasteiger partial charge in [-0.15, -0.1) is 0 Å². The van der Waals surface area contributed by atoms with E-state index in [0.717, 1.165) is 44.7 Å². The number of H-pyrrole nitrogens is 1. The molecule has 172 valence electrons. The molecule has 0 bridgehead atoms. The predicted molar refractivity (Wildman–Crippen MR) is 109 cm³/mol. The summed E-state index contributed by atoms with van der Waals surface area (Å²) in [5, 5.41) is 34.0. The van der Waals surface area contributed by atoms with Crippen LogP contribution >= 0.6 is 0 Å². The first-order valence-corrected chi connectivity index (χ1v) is 10.2. The first-order valence-electron chi connectivity index (χ1n) is 10.2. The molecule has 10 heteroatoms. The number of rotatable bonds is 5. The van der Waals surface area contributed by atoms with Gasteiger partial charge in [0.1, 0.15) is 11.9 Å². The Kier molecular flexibility index (Phi) is 11.0. The predicted octanol–water partition coefficient (Wildman–Crippen LogP) is 1.02. The van der Waals surface area contributed by atoms with Gasteiger partial charge < -0.3 is 30.1 Å². The second-order valence-electron chi connectivity index (χ2n) is 7.99. The van der Waals surface area contributed by atoms with Gasteiger partial charge in [0.05, 0.1) is 17.8 Å². The van der Waals surface area contributed by atoms with E-state index < -0.39 is 11.7 Å². The molecule has 1 spiro atoms. The molecule has 2 saturated heterocycles. The van der Waals surface area contributed by atoms with Crippen molar-refractivity contribution < 1.29 is 34.8 Å². The van der Waals surface area contributed by atoms with E-state index in [1.165, 1.54) is 18.5 Å². The number of aryl methyl sites for hydroxylation is 1. The van der Waals surface area contributed by atoms with Gasteiger partial charge in [-0.2, -0.15) is 0 Å². The molecule has 2 aliphatic rings. The number of aliphatic hydroxyl groups is 2. The van der Waals surface area contributed by atoms with Gasteiger partial charge in [-0.25, -0.2) is 4.98 Å². The number of aliphatic hydroxyl groups excluding tert-OH is 1. The fourth-order valence-corrected chi connectivity index (χ4v) is 3.89. The van der Waals surface area contributed by atoms with Crippen LogP contribution in [0.2, 0.25) is 0 Å². The van der Waals surface area contributed by atoms with Crippen LogP contribution in [0.15, 0.2) is 6.20 Å². The smallest absolute Gasteiger partial charge is 0.290 e. The summed E-state index contributed by atoms with van der Waals surface area (Å²) in [6, 6.07) is 0. The number of hydrogen-bond acceptors (Lipinski definition) is 7. The quantitative estimate of drug-likeness (QED) is 0.431. The lowest BCUT2D eigenvalue weighted by Crippen LogP contribution is -2.59. The number of aromatic amines is 1. The highest BCUT2D eigenvalue weighted by Gasteiger charge is 2.48. The summed E-state index contributed by atoms with van der Waals surface area (Å²) >= 11 is 0. The largest absolute Gasteiger partial charge is 0.483 e. The number of ether oxygens (including phenoxy) is 1. The maximum Gasteiger partial charge on any atom is 0.290 e. The number of aromatic nitrogens is 2. The lowest BCUT2D eigenvalue weighted by molar-refractivity contribution is -0.223. The van der Waals surface area contributed by atoms with Gasteiger partial charge >= 0.3 is 0 Å². The molecule has 2 aliphatic heterocycles. The Morgan fingerprint density at radius 1 is 1.30 bits per heavy atom. The van der Waals surface area contributed by atoms with E-state index in [9.17, 15) is 10.2 Å². The summed E-state index contributed by atoms with van der Waals surface area (Å²) in [4.78, 5) is 27.0. The van der Waals surface area contributed by atoms with E-state index in [0.29, 0.717) is 6.42 Å². The monoisotopic (exact) mass is 429 g/mol. The Morgan fingerprint density at radius 3 is 2.43 bits per heavy atom. The topological polar surface area (TPSA) is 156 Å². The summed E-state index contributed by atoms with van der Waals surface area (Å²) < 4.78 is 5.94. The van der Waals surface area contributed by atoms with Crippen LogP contribution in [0.1, 0.15) is 57.5 Å². The molecule has 0 aliphatic carbocycles.